The number of aliphatic carboxylic acids is 1. The van der Waals surface area contributed by atoms with Crippen LogP contribution in [-0.4, -0.2) is 44.5 Å². The minimum absolute atomic E-state index is 0.221. The molecule has 216 valence electrons. The number of carbonyl (C=O) groups is 2. The maximum atomic E-state index is 13.1. The van der Waals surface area contributed by atoms with E-state index in [0.29, 0.717) is 41.8 Å². The number of fused-ring (bicyclic) bond motifs is 1. The van der Waals surface area contributed by atoms with Crippen molar-refractivity contribution in [1.29, 1.82) is 0 Å². The lowest BCUT2D eigenvalue weighted by Gasteiger charge is -2.41. The van der Waals surface area contributed by atoms with Gasteiger partial charge in [-0.3, -0.25) is 9.59 Å². The Labute approximate surface area is 244 Å². The number of ether oxygens (including phenoxy) is 5. The van der Waals surface area contributed by atoms with Gasteiger partial charge in [0.05, 0.1) is 26.1 Å². The van der Waals surface area contributed by atoms with Crippen molar-refractivity contribution >= 4 is 11.9 Å². The molecule has 4 aromatic carbocycles. The Bertz CT molecular complexity index is 1530. The van der Waals surface area contributed by atoms with E-state index >= 15 is 0 Å². The van der Waals surface area contributed by atoms with Gasteiger partial charge in [0.1, 0.15) is 30.5 Å². The molecule has 2 aliphatic rings. The lowest BCUT2D eigenvalue weighted by atomic mass is 9.61. The van der Waals surface area contributed by atoms with Gasteiger partial charge < -0.3 is 28.8 Å². The topological polar surface area (TPSA) is 101 Å². The molecule has 3 unspecified atom stereocenters. The molecular weight excluding hydrogens is 536 g/mol. The van der Waals surface area contributed by atoms with Crippen LogP contribution in [0.3, 0.4) is 0 Å². The Morgan fingerprint density at radius 3 is 2.12 bits per heavy atom. The third-order valence-electron chi connectivity index (χ3n) is 7.40. The van der Waals surface area contributed by atoms with Crippen LogP contribution in [0, 0.1) is 11.8 Å². The van der Waals surface area contributed by atoms with Crippen molar-refractivity contribution in [2.45, 2.75) is 12.3 Å². The van der Waals surface area contributed by atoms with Crippen LogP contribution >= 0.6 is 0 Å². The number of hydrogen-bond donors (Lipinski definition) is 1. The normalized spacial score (nSPS) is 18.4. The first-order valence-corrected chi connectivity index (χ1v) is 13.6. The fourth-order valence-electron chi connectivity index (χ4n) is 5.23. The first-order valence-electron chi connectivity index (χ1n) is 13.6. The maximum Gasteiger partial charge on any atom is 0.315 e. The third-order valence-corrected chi connectivity index (χ3v) is 7.40. The van der Waals surface area contributed by atoms with Gasteiger partial charge in [-0.15, -0.1) is 0 Å². The van der Waals surface area contributed by atoms with Gasteiger partial charge in [0.2, 0.25) is 0 Å². The molecule has 1 aliphatic carbocycles. The minimum atomic E-state index is -0.930. The molecule has 1 N–H and O–H groups in total. The predicted molar refractivity (Wildman–Crippen MR) is 156 cm³/mol. The quantitative estimate of drug-likeness (QED) is 0.207. The van der Waals surface area contributed by atoms with Crippen LogP contribution < -0.4 is 23.7 Å². The van der Waals surface area contributed by atoms with Gasteiger partial charge in [0, 0.05) is 5.92 Å². The van der Waals surface area contributed by atoms with Crippen molar-refractivity contribution in [1.82, 2.24) is 0 Å². The molecule has 0 spiro atoms. The molecule has 8 heteroatoms. The largest absolute Gasteiger partial charge is 0.497 e. The van der Waals surface area contributed by atoms with Crippen LogP contribution in [0.1, 0.15) is 17.9 Å². The molecule has 0 amide bonds. The number of carbonyl (C=O) groups excluding carboxylic acids is 1. The molecule has 1 aliphatic heterocycles. The number of hydrogen-bond acceptors (Lipinski definition) is 7. The van der Waals surface area contributed by atoms with Crippen molar-refractivity contribution in [2.75, 3.05) is 27.4 Å². The Morgan fingerprint density at radius 1 is 0.714 bits per heavy atom. The van der Waals surface area contributed by atoms with Crippen LogP contribution in [0.15, 0.2) is 97.1 Å². The summed E-state index contributed by atoms with van der Waals surface area (Å²) in [6.07, 6.45) is 0.221. The highest BCUT2D eigenvalue weighted by Gasteiger charge is 2.51. The standard InChI is InChI=1S/C27H24O7.C7H8O/c1-31-22-8-3-2-7-19(22)25-20(26(28)29)15-21(25)27(30)34-18-6-4-5-16(13-18)17-9-10-23-24(14-17)33-12-11-32-23;1-8-7-5-3-2-4-6-7/h2-10,13-14,20-21,25H,11-12,15H2,1H3,(H,28,29);2-6H,1H3. The Hall–Kier alpha value is -4.98. The van der Waals surface area contributed by atoms with E-state index in [4.69, 9.17) is 23.7 Å². The first kappa shape index (κ1) is 28.5. The number of benzene rings is 4. The van der Waals surface area contributed by atoms with E-state index in [1.54, 1.807) is 31.4 Å². The highest BCUT2D eigenvalue weighted by atomic mass is 16.6. The summed E-state index contributed by atoms with van der Waals surface area (Å²) in [5.41, 5.74) is 2.47. The summed E-state index contributed by atoms with van der Waals surface area (Å²) in [6, 6.07) is 29.8. The maximum absolute atomic E-state index is 13.1. The van der Waals surface area contributed by atoms with E-state index in [1.165, 1.54) is 7.11 Å². The number of carboxylic acids is 1. The summed E-state index contributed by atoms with van der Waals surface area (Å²) >= 11 is 0. The lowest BCUT2D eigenvalue weighted by molar-refractivity contribution is -0.155. The molecule has 42 heavy (non-hydrogen) atoms. The van der Waals surface area contributed by atoms with Crippen LogP contribution in [0.2, 0.25) is 0 Å². The molecule has 0 saturated heterocycles. The molecule has 6 rings (SSSR count). The number of para-hydroxylation sites is 2. The van der Waals surface area contributed by atoms with Gasteiger partial charge in [-0.05, 0) is 65.6 Å². The molecule has 1 heterocycles. The van der Waals surface area contributed by atoms with Crippen molar-refractivity contribution in [3.63, 3.8) is 0 Å². The van der Waals surface area contributed by atoms with Gasteiger partial charge in [-0.1, -0.05) is 54.6 Å². The van der Waals surface area contributed by atoms with Crippen LogP contribution in [0.4, 0.5) is 0 Å². The van der Waals surface area contributed by atoms with E-state index in [2.05, 4.69) is 0 Å². The molecule has 1 saturated carbocycles. The summed E-state index contributed by atoms with van der Waals surface area (Å²) < 4.78 is 27.3. The fraction of sp³-hybridized carbons (Fsp3) is 0.235. The summed E-state index contributed by atoms with van der Waals surface area (Å²) in [6.45, 7) is 1.03. The number of carboxylic acid groups (broad SMARTS) is 1. The van der Waals surface area contributed by atoms with Crippen LogP contribution in [0.25, 0.3) is 11.1 Å². The van der Waals surface area contributed by atoms with E-state index in [0.717, 1.165) is 16.9 Å². The fourth-order valence-corrected chi connectivity index (χ4v) is 5.23. The zero-order valence-electron chi connectivity index (χ0n) is 23.4. The Balaban J connectivity index is 0.000000382. The van der Waals surface area contributed by atoms with Gasteiger partial charge in [-0.25, -0.2) is 0 Å². The number of rotatable bonds is 7. The van der Waals surface area contributed by atoms with Gasteiger partial charge in [0.25, 0.3) is 0 Å². The zero-order valence-corrected chi connectivity index (χ0v) is 23.4. The second-order valence-corrected chi connectivity index (χ2v) is 9.88. The molecule has 1 fully saturated rings. The van der Waals surface area contributed by atoms with Crippen LogP contribution in [-0.2, 0) is 9.59 Å². The molecule has 0 aromatic heterocycles. The van der Waals surface area contributed by atoms with Crippen LogP contribution in [0.5, 0.6) is 28.7 Å². The zero-order chi connectivity index (χ0) is 29.5. The third kappa shape index (κ3) is 6.33. The number of esters is 1. The molecular formula is C34H32O8. The minimum Gasteiger partial charge on any atom is -0.497 e. The van der Waals surface area contributed by atoms with Gasteiger partial charge in [-0.2, -0.15) is 0 Å². The summed E-state index contributed by atoms with van der Waals surface area (Å²) in [4.78, 5) is 24.9. The van der Waals surface area contributed by atoms with Gasteiger partial charge in [0.15, 0.2) is 11.5 Å². The van der Waals surface area contributed by atoms with E-state index in [9.17, 15) is 14.7 Å². The average Bonchev–Trinajstić information content (AvgIpc) is 3.01. The van der Waals surface area contributed by atoms with E-state index in [1.807, 2.05) is 72.8 Å². The summed E-state index contributed by atoms with van der Waals surface area (Å²) in [5, 5.41) is 9.65. The summed E-state index contributed by atoms with van der Waals surface area (Å²) in [7, 11) is 3.19. The Kier molecular flexibility index (Phi) is 8.92. The van der Waals surface area contributed by atoms with Crippen molar-refractivity contribution in [3.8, 4) is 39.9 Å². The highest BCUT2D eigenvalue weighted by molar-refractivity contribution is 5.83. The molecule has 4 aromatic rings. The van der Waals surface area contributed by atoms with Gasteiger partial charge >= 0.3 is 11.9 Å². The van der Waals surface area contributed by atoms with Crippen molar-refractivity contribution in [2.24, 2.45) is 11.8 Å². The first-order chi connectivity index (χ1) is 20.5. The van der Waals surface area contributed by atoms with Crippen molar-refractivity contribution in [3.05, 3.63) is 103 Å². The molecule has 0 radical (unpaired) electrons. The van der Waals surface area contributed by atoms with Crippen molar-refractivity contribution < 1.29 is 38.4 Å². The predicted octanol–water partition coefficient (Wildman–Crippen LogP) is 6.24. The highest BCUT2D eigenvalue weighted by Crippen LogP contribution is 2.51. The second kappa shape index (κ2) is 13.1. The average molecular weight is 569 g/mol. The summed E-state index contributed by atoms with van der Waals surface area (Å²) in [5.74, 6) is 0.126. The molecule has 0 bridgehead atoms. The monoisotopic (exact) mass is 568 g/mol. The smallest absolute Gasteiger partial charge is 0.315 e. The lowest BCUT2D eigenvalue weighted by Crippen LogP contribution is -2.45. The second-order valence-electron chi connectivity index (χ2n) is 9.88. The number of methoxy groups -OCH3 is 2. The Morgan fingerprint density at radius 2 is 1.40 bits per heavy atom. The van der Waals surface area contributed by atoms with E-state index in [-0.39, 0.29) is 6.42 Å². The SMILES string of the molecule is COc1ccccc1.COc1ccccc1C1C(C(=O)O)CC1C(=O)Oc1cccc(-c2ccc3c(c2)OCCO3)c1. The molecule has 8 nitrogen and oxygen atoms in total. The van der Waals surface area contributed by atoms with E-state index < -0.39 is 29.7 Å². The molecule has 3 atom stereocenters.